The average Bonchev–Trinajstić information content (AvgIpc) is 2.85. The molecule has 0 amide bonds. The van der Waals surface area contributed by atoms with E-state index in [4.69, 9.17) is 0 Å². The fraction of sp³-hybridized carbons (Fsp3) is 0.643. The molecule has 0 saturated carbocycles. The Labute approximate surface area is 122 Å². The van der Waals surface area contributed by atoms with Gasteiger partial charge in [-0.2, -0.15) is 0 Å². The molecular weight excluding hydrogens is 301 g/mol. The summed E-state index contributed by atoms with van der Waals surface area (Å²) in [6, 6.07) is 4.16. The monoisotopic (exact) mass is 324 g/mol. The van der Waals surface area contributed by atoms with Gasteiger partial charge in [-0.25, -0.2) is 0 Å². The quantitative estimate of drug-likeness (QED) is 0.814. The first-order valence-corrected chi connectivity index (χ1v) is 9.70. The van der Waals surface area contributed by atoms with Crippen LogP contribution >= 0.6 is 0 Å². The van der Waals surface area contributed by atoms with Crippen LogP contribution in [0.5, 0.6) is 0 Å². The van der Waals surface area contributed by atoms with Gasteiger partial charge in [-0.3, -0.25) is 0 Å². The molecule has 1 aliphatic heterocycles. The molecule has 1 radical (unpaired) electrons. The summed E-state index contributed by atoms with van der Waals surface area (Å²) >= 11 is 0.482. The van der Waals surface area contributed by atoms with E-state index in [2.05, 4.69) is 33.0 Å². The molecule has 5 heteroatoms. The number of aromatic nitrogens is 1. The summed E-state index contributed by atoms with van der Waals surface area (Å²) in [5.74, 6) is 0.841. The SMILES string of the molecule is C[As][C@H]1CCN(c2ccnc(NCC(C)(C)O)c2)C1. The Morgan fingerprint density at radius 2 is 2.37 bits per heavy atom. The molecule has 0 aliphatic carbocycles. The van der Waals surface area contributed by atoms with Crippen molar-refractivity contribution in [1.82, 2.24) is 4.98 Å². The summed E-state index contributed by atoms with van der Waals surface area (Å²) in [6.07, 6.45) is 3.17. The Kier molecular flexibility index (Phi) is 4.75. The molecule has 4 nitrogen and oxygen atoms in total. The van der Waals surface area contributed by atoms with Crippen LogP contribution in [-0.4, -0.2) is 51.1 Å². The molecule has 2 N–H and O–H groups in total. The van der Waals surface area contributed by atoms with E-state index < -0.39 is 5.60 Å². The summed E-state index contributed by atoms with van der Waals surface area (Å²) < 4.78 is 0.914. The Morgan fingerprint density at radius 3 is 3.00 bits per heavy atom. The van der Waals surface area contributed by atoms with Gasteiger partial charge in [0.2, 0.25) is 0 Å². The van der Waals surface area contributed by atoms with Crippen LogP contribution in [0.25, 0.3) is 0 Å². The van der Waals surface area contributed by atoms with Crippen molar-refractivity contribution in [1.29, 1.82) is 0 Å². The van der Waals surface area contributed by atoms with Crippen LogP contribution in [0.1, 0.15) is 20.3 Å². The number of pyridine rings is 1. The van der Waals surface area contributed by atoms with E-state index in [1.54, 1.807) is 13.8 Å². The van der Waals surface area contributed by atoms with E-state index in [-0.39, 0.29) is 0 Å². The average molecular weight is 324 g/mol. The van der Waals surface area contributed by atoms with Crippen LogP contribution in [0.15, 0.2) is 18.3 Å². The number of hydrogen-bond donors (Lipinski definition) is 2. The number of nitrogens with one attached hydrogen (secondary N) is 1. The fourth-order valence-electron chi connectivity index (χ4n) is 2.21. The van der Waals surface area contributed by atoms with Gasteiger partial charge in [0, 0.05) is 0 Å². The van der Waals surface area contributed by atoms with Gasteiger partial charge in [0.05, 0.1) is 0 Å². The summed E-state index contributed by atoms with van der Waals surface area (Å²) in [7, 11) is 0. The van der Waals surface area contributed by atoms with Gasteiger partial charge < -0.3 is 0 Å². The summed E-state index contributed by atoms with van der Waals surface area (Å²) in [6.45, 7) is 6.43. The zero-order valence-electron chi connectivity index (χ0n) is 11.9. The van der Waals surface area contributed by atoms with Gasteiger partial charge in [-0.05, 0) is 0 Å². The van der Waals surface area contributed by atoms with Gasteiger partial charge in [0.25, 0.3) is 0 Å². The Hall–Kier alpha value is -0.732. The molecule has 19 heavy (non-hydrogen) atoms. The zero-order chi connectivity index (χ0) is 13.9. The first-order chi connectivity index (χ1) is 8.98. The fourth-order valence-corrected chi connectivity index (χ4v) is 3.75. The van der Waals surface area contributed by atoms with Crippen molar-refractivity contribution >= 4 is 27.3 Å². The molecule has 1 aliphatic rings. The van der Waals surface area contributed by atoms with Crippen molar-refractivity contribution in [3.05, 3.63) is 18.3 Å². The standard InChI is InChI=1S/C14H23AsN3O/c1-14(2,19)10-17-13-8-12(4-6-16-13)18-7-5-11(9-18)15-3/h4,6,8,11,19H,5,7,9-10H2,1-3H3,(H,16,17)/t11-/m0/s1. The molecule has 0 unspecified atom stereocenters. The van der Waals surface area contributed by atoms with E-state index in [0.29, 0.717) is 22.3 Å². The molecule has 0 bridgehead atoms. The van der Waals surface area contributed by atoms with Crippen LogP contribution in [-0.2, 0) is 0 Å². The maximum absolute atomic E-state index is 9.73. The second-order valence-corrected chi connectivity index (χ2v) is 8.33. The molecule has 105 valence electrons. The topological polar surface area (TPSA) is 48.4 Å². The molecular formula is C14H23AsN3O. The van der Waals surface area contributed by atoms with Gasteiger partial charge in [-0.1, -0.05) is 0 Å². The Balaban J connectivity index is 1.99. The van der Waals surface area contributed by atoms with E-state index >= 15 is 0 Å². The predicted molar refractivity (Wildman–Crippen MR) is 81.2 cm³/mol. The maximum atomic E-state index is 9.73. The summed E-state index contributed by atoms with van der Waals surface area (Å²) in [4.78, 5) is 6.76. The molecule has 1 atom stereocenters. The number of nitrogens with zero attached hydrogens (tertiary/aromatic N) is 2. The third-order valence-corrected chi connectivity index (χ3v) is 5.76. The Morgan fingerprint density at radius 1 is 1.58 bits per heavy atom. The third kappa shape index (κ3) is 4.39. The third-order valence-electron chi connectivity index (χ3n) is 3.34. The molecule has 0 aromatic carbocycles. The minimum absolute atomic E-state index is 0.482. The number of anilines is 2. The first-order valence-electron chi connectivity index (χ1n) is 6.74. The predicted octanol–water partition coefficient (Wildman–Crippen LogP) is 2.02. The van der Waals surface area contributed by atoms with Crippen LogP contribution in [0.3, 0.4) is 0 Å². The zero-order valence-corrected chi connectivity index (χ0v) is 13.8. The second kappa shape index (κ2) is 6.15. The molecule has 1 saturated heterocycles. The van der Waals surface area contributed by atoms with Gasteiger partial charge in [-0.15, -0.1) is 0 Å². The van der Waals surface area contributed by atoms with E-state index in [9.17, 15) is 5.11 Å². The van der Waals surface area contributed by atoms with Gasteiger partial charge in [0.1, 0.15) is 0 Å². The van der Waals surface area contributed by atoms with Crippen molar-refractivity contribution in [2.24, 2.45) is 0 Å². The molecule has 2 heterocycles. The van der Waals surface area contributed by atoms with Crippen molar-refractivity contribution in [3.8, 4) is 0 Å². The summed E-state index contributed by atoms with van der Waals surface area (Å²) in [5.41, 5.74) is 2.88. The van der Waals surface area contributed by atoms with E-state index in [1.165, 1.54) is 18.7 Å². The van der Waals surface area contributed by atoms with Gasteiger partial charge >= 0.3 is 122 Å². The van der Waals surface area contributed by atoms with Crippen molar-refractivity contribution in [3.63, 3.8) is 0 Å². The van der Waals surface area contributed by atoms with Crippen molar-refractivity contribution in [2.45, 2.75) is 36.3 Å². The minimum atomic E-state index is -0.720. The molecule has 0 spiro atoms. The first kappa shape index (κ1) is 14.7. The molecule has 2 rings (SSSR count). The second-order valence-electron chi connectivity index (χ2n) is 5.71. The van der Waals surface area contributed by atoms with Gasteiger partial charge in [0.15, 0.2) is 0 Å². The van der Waals surface area contributed by atoms with Crippen LogP contribution in [0.4, 0.5) is 11.5 Å². The number of rotatable bonds is 5. The van der Waals surface area contributed by atoms with Crippen molar-refractivity contribution in [2.75, 3.05) is 29.9 Å². The van der Waals surface area contributed by atoms with Crippen LogP contribution in [0, 0.1) is 0 Å². The molecule has 1 aromatic rings. The summed E-state index contributed by atoms with van der Waals surface area (Å²) in [5, 5.41) is 12.9. The van der Waals surface area contributed by atoms with Crippen LogP contribution < -0.4 is 10.2 Å². The van der Waals surface area contributed by atoms with E-state index in [1.807, 2.05) is 6.20 Å². The molecule has 1 fully saturated rings. The Bertz CT molecular complexity index is 419. The van der Waals surface area contributed by atoms with Crippen molar-refractivity contribution < 1.29 is 5.11 Å². The molecule has 1 aromatic heterocycles. The number of hydrogen-bond acceptors (Lipinski definition) is 4. The normalized spacial score (nSPS) is 20.4. The van der Waals surface area contributed by atoms with E-state index in [0.717, 1.165) is 17.1 Å². The van der Waals surface area contributed by atoms with Crippen LogP contribution in [0.2, 0.25) is 10.4 Å². The number of aliphatic hydroxyl groups is 1.